The Morgan fingerprint density at radius 1 is 0.778 bits per heavy atom. The molecule has 2 unspecified atom stereocenters. The average molecular weight is 250 g/mol. The molecule has 2 heteroatoms. The maximum absolute atomic E-state index is 5.76. The molecular weight excluding hydrogens is 220 g/mol. The minimum Gasteiger partial charge on any atom is -0.330 e. The fraction of sp³-hybridized carbons (Fsp3) is 1.00. The first-order valence-electron chi connectivity index (χ1n) is 8.36. The van der Waals surface area contributed by atoms with Crippen LogP contribution in [0, 0.1) is 5.92 Å². The van der Waals surface area contributed by atoms with E-state index in [2.05, 4.69) is 4.90 Å². The van der Waals surface area contributed by atoms with Crippen molar-refractivity contribution in [3.05, 3.63) is 0 Å². The third-order valence-electron chi connectivity index (χ3n) is 5.71. The number of piperidine rings is 1. The minimum atomic E-state index is 0.896. The predicted molar refractivity (Wildman–Crippen MR) is 76.5 cm³/mol. The summed E-state index contributed by atoms with van der Waals surface area (Å²) in [6.07, 6.45) is 16.0. The van der Waals surface area contributed by atoms with Crippen LogP contribution in [-0.4, -0.2) is 29.6 Å². The van der Waals surface area contributed by atoms with Crippen LogP contribution in [0.2, 0.25) is 0 Å². The first-order valence-corrected chi connectivity index (χ1v) is 8.36. The maximum atomic E-state index is 5.76. The minimum absolute atomic E-state index is 0.896. The Bertz CT molecular complexity index is 244. The Hall–Kier alpha value is -0.0800. The van der Waals surface area contributed by atoms with Crippen LogP contribution in [0.1, 0.15) is 70.6 Å². The number of fused-ring (bicyclic) bond motifs is 2. The molecule has 0 aromatic carbocycles. The standard InChI is InChI=1S/C16H30N2/c17-10-9-13-11-15-7-8-16(12-13)18(15)14-5-3-1-2-4-6-14/h13-16H,1-12,17H2. The summed E-state index contributed by atoms with van der Waals surface area (Å²) in [6, 6.07) is 2.77. The molecule has 0 aromatic heterocycles. The van der Waals surface area contributed by atoms with Crippen molar-refractivity contribution < 1.29 is 0 Å². The highest BCUT2D eigenvalue weighted by atomic mass is 15.2. The Labute approximate surface area is 112 Å². The van der Waals surface area contributed by atoms with Crippen LogP contribution in [0.5, 0.6) is 0 Å². The number of nitrogens with zero attached hydrogens (tertiary/aromatic N) is 1. The van der Waals surface area contributed by atoms with Crippen LogP contribution in [0.25, 0.3) is 0 Å². The van der Waals surface area contributed by atoms with Gasteiger partial charge in [-0.15, -0.1) is 0 Å². The van der Waals surface area contributed by atoms with E-state index in [1.54, 1.807) is 0 Å². The number of rotatable bonds is 3. The Kier molecular flexibility index (Phi) is 4.25. The van der Waals surface area contributed by atoms with E-state index in [4.69, 9.17) is 5.73 Å². The molecule has 2 bridgehead atoms. The van der Waals surface area contributed by atoms with Gasteiger partial charge in [-0.3, -0.25) is 4.90 Å². The molecule has 1 saturated carbocycles. The lowest BCUT2D eigenvalue weighted by molar-refractivity contribution is 0.0504. The number of nitrogens with two attached hydrogens (primary N) is 1. The first-order chi connectivity index (χ1) is 8.88. The number of hydrogen-bond donors (Lipinski definition) is 1. The summed E-state index contributed by atoms with van der Waals surface area (Å²) in [4.78, 5) is 2.97. The summed E-state index contributed by atoms with van der Waals surface area (Å²) < 4.78 is 0. The van der Waals surface area contributed by atoms with E-state index < -0.39 is 0 Å². The van der Waals surface area contributed by atoms with Gasteiger partial charge in [0.15, 0.2) is 0 Å². The van der Waals surface area contributed by atoms with Crippen LogP contribution in [0.4, 0.5) is 0 Å². The second-order valence-electron chi connectivity index (χ2n) is 6.89. The van der Waals surface area contributed by atoms with Gasteiger partial charge >= 0.3 is 0 Å². The van der Waals surface area contributed by atoms with E-state index in [1.165, 1.54) is 70.6 Å². The fourth-order valence-electron chi connectivity index (χ4n) is 4.95. The third-order valence-corrected chi connectivity index (χ3v) is 5.71. The van der Waals surface area contributed by atoms with Crippen LogP contribution in [0.3, 0.4) is 0 Å². The normalized spacial score (nSPS) is 38.8. The molecule has 0 spiro atoms. The fourth-order valence-corrected chi connectivity index (χ4v) is 4.95. The van der Waals surface area contributed by atoms with Crippen LogP contribution in [-0.2, 0) is 0 Å². The van der Waals surface area contributed by atoms with Crippen LogP contribution >= 0.6 is 0 Å². The van der Waals surface area contributed by atoms with Gasteiger partial charge in [-0.2, -0.15) is 0 Å². The Balaban J connectivity index is 1.63. The summed E-state index contributed by atoms with van der Waals surface area (Å²) >= 11 is 0. The van der Waals surface area contributed by atoms with Gasteiger partial charge in [-0.25, -0.2) is 0 Å². The van der Waals surface area contributed by atoms with E-state index in [-0.39, 0.29) is 0 Å². The molecule has 3 rings (SSSR count). The Morgan fingerprint density at radius 3 is 1.94 bits per heavy atom. The molecule has 1 aliphatic carbocycles. The zero-order valence-corrected chi connectivity index (χ0v) is 11.8. The van der Waals surface area contributed by atoms with Crippen molar-refractivity contribution in [1.82, 2.24) is 4.90 Å². The molecule has 3 aliphatic rings. The van der Waals surface area contributed by atoms with Crippen molar-refractivity contribution >= 4 is 0 Å². The molecule has 2 aliphatic heterocycles. The van der Waals surface area contributed by atoms with E-state index >= 15 is 0 Å². The quantitative estimate of drug-likeness (QED) is 0.779. The molecule has 18 heavy (non-hydrogen) atoms. The summed E-state index contributed by atoms with van der Waals surface area (Å²) in [5.74, 6) is 0.939. The molecule has 2 N–H and O–H groups in total. The highest BCUT2D eigenvalue weighted by Gasteiger charge is 2.43. The zero-order valence-electron chi connectivity index (χ0n) is 11.8. The molecule has 3 fully saturated rings. The monoisotopic (exact) mass is 250 g/mol. The van der Waals surface area contributed by atoms with Gasteiger partial charge in [0.1, 0.15) is 0 Å². The lowest BCUT2D eigenvalue weighted by Gasteiger charge is -2.43. The summed E-state index contributed by atoms with van der Waals surface area (Å²) in [5.41, 5.74) is 5.76. The SMILES string of the molecule is NCCC1CC2CCC(C1)N2C1CCCCCC1. The predicted octanol–water partition coefficient (Wildman–Crippen LogP) is 3.30. The molecule has 2 heterocycles. The smallest absolute Gasteiger partial charge is 0.0104 e. The van der Waals surface area contributed by atoms with Gasteiger partial charge in [0.2, 0.25) is 0 Å². The highest BCUT2D eigenvalue weighted by molar-refractivity contribution is 4.98. The molecule has 0 radical (unpaired) electrons. The van der Waals surface area contributed by atoms with Crippen molar-refractivity contribution in [2.45, 2.75) is 88.8 Å². The lowest BCUT2D eigenvalue weighted by atomic mass is 9.86. The molecule has 2 saturated heterocycles. The summed E-state index contributed by atoms with van der Waals surface area (Å²) in [6.45, 7) is 0.896. The van der Waals surface area contributed by atoms with Crippen LogP contribution < -0.4 is 5.73 Å². The zero-order chi connectivity index (χ0) is 12.4. The van der Waals surface area contributed by atoms with E-state index in [9.17, 15) is 0 Å². The maximum Gasteiger partial charge on any atom is 0.0104 e. The first kappa shape index (κ1) is 12.9. The molecular formula is C16H30N2. The Morgan fingerprint density at radius 2 is 1.39 bits per heavy atom. The van der Waals surface area contributed by atoms with Crippen molar-refractivity contribution in [1.29, 1.82) is 0 Å². The van der Waals surface area contributed by atoms with Gasteiger partial charge in [-0.05, 0) is 57.4 Å². The molecule has 0 aromatic rings. The largest absolute Gasteiger partial charge is 0.330 e. The van der Waals surface area contributed by atoms with E-state index in [0.29, 0.717) is 0 Å². The van der Waals surface area contributed by atoms with E-state index in [1.807, 2.05) is 0 Å². The summed E-state index contributed by atoms with van der Waals surface area (Å²) in [5, 5.41) is 0. The number of hydrogen-bond acceptors (Lipinski definition) is 2. The van der Waals surface area contributed by atoms with Crippen molar-refractivity contribution in [2.24, 2.45) is 11.7 Å². The van der Waals surface area contributed by atoms with Gasteiger partial charge in [0.05, 0.1) is 0 Å². The average Bonchev–Trinajstić information content (AvgIpc) is 2.62. The molecule has 0 amide bonds. The van der Waals surface area contributed by atoms with Crippen molar-refractivity contribution in [2.75, 3.05) is 6.54 Å². The summed E-state index contributed by atoms with van der Waals surface area (Å²) in [7, 11) is 0. The van der Waals surface area contributed by atoms with Crippen LogP contribution in [0.15, 0.2) is 0 Å². The van der Waals surface area contributed by atoms with Gasteiger partial charge in [-0.1, -0.05) is 25.7 Å². The van der Waals surface area contributed by atoms with E-state index in [0.717, 1.165) is 30.6 Å². The molecule has 104 valence electrons. The molecule has 2 atom stereocenters. The van der Waals surface area contributed by atoms with Crippen molar-refractivity contribution in [3.63, 3.8) is 0 Å². The van der Waals surface area contributed by atoms with Gasteiger partial charge < -0.3 is 5.73 Å². The second kappa shape index (κ2) is 5.92. The van der Waals surface area contributed by atoms with Gasteiger partial charge in [0, 0.05) is 18.1 Å². The second-order valence-corrected chi connectivity index (χ2v) is 6.89. The topological polar surface area (TPSA) is 29.3 Å². The highest BCUT2D eigenvalue weighted by Crippen LogP contribution is 2.43. The molecule has 2 nitrogen and oxygen atoms in total. The van der Waals surface area contributed by atoms with Gasteiger partial charge in [0.25, 0.3) is 0 Å². The van der Waals surface area contributed by atoms with Crippen molar-refractivity contribution in [3.8, 4) is 0 Å². The third kappa shape index (κ3) is 2.60. The lowest BCUT2D eigenvalue weighted by Crippen LogP contribution is -2.48.